The van der Waals surface area contributed by atoms with E-state index in [-0.39, 0.29) is 12.1 Å². The summed E-state index contributed by atoms with van der Waals surface area (Å²) in [5.41, 5.74) is 0.763. The zero-order valence-corrected chi connectivity index (χ0v) is 10.3. The standard InChI is InChI=1S/C13H13FN2O3/c1-19-5-4-15-13(18)12(17)10-7-16-11-3-2-8(14)6-9(10)11/h2-3,6-7,16H,4-5H2,1H3,(H,15,18). The van der Waals surface area contributed by atoms with E-state index in [1.807, 2.05) is 0 Å². The summed E-state index contributed by atoms with van der Waals surface area (Å²) in [6.45, 7) is 0.569. The highest BCUT2D eigenvalue weighted by Gasteiger charge is 2.19. The summed E-state index contributed by atoms with van der Waals surface area (Å²) in [6, 6.07) is 4.03. The molecule has 2 N–H and O–H groups in total. The van der Waals surface area contributed by atoms with Crippen molar-refractivity contribution in [3.05, 3.63) is 35.8 Å². The van der Waals surface area contributed by atoms with Crippen molar-refractivity contribution in [2.24, 2.45) is 0 Å². The van der Waals surface area contributed by atoms with Crippen molar-refractivity contribution in [3.8, 4) is 0 Å². The zero-order chi connectivity index (χ0) is 13.8. The first-order chi connectivity index (χ1) is 9.13. The van der Waals surface area contributed by atoms with Crippen LogP contribution in [0.4, 0.5) is 4.39 Å². The molecule has 0 fully saturated rings. The van der Waals surface area contributed by atoms with Crippen LogP contribution in [0.5, 0.6) is 0 Å². The number of hydrogen-bond donors (Lipinski definition) is 2. The van der Waals surface area contributed by atoms with E-state index in [1.54, 1.807) is 0 Å². The van der Waals surface area contributed by atoms with Crippen LogP contribution < -0.4 is 5.32 Å². The van der Waals surface area contributed by atoms with Crippen LogP contribution in [0, 0.1) is 5.82 Å². The first kappa shape index (κ1) is 13.2. The molecular formula is C13H13FN2O3. The molecule has 2 aromatic rings. The maximum absolute atomic E-state index is 13.2. The Labute approximate surface area is 108 Å². The van der Waals surface area contributed by atoms with E-state index in [0.717, 1.165) is 0 Å². The largest absolute Gasteiger partial charge is 0.383 e. The molecule has 0 unspecified atom stereocenters. The van der Waals surface area contributed by atoms with E-state index >= 15 is 0 Å². The van der Waals surface area contributed by atoms with Gasteiger partial charge >= 0.3 is 0 Å². The summed E-state index contributed by atoms with van der Waals surface area (Å²) in [5, 5.41) is 2.83. The predicted octanol–water partition coefficient (Wildman–Crippen LogP) is 1.25. The Hall–Kier alpha value is -2.21. The van der Waals surface area contributed by atoms with Gasteiger partial charge in [0.05, 0.1) is 12.2 Å². The molecule has 1 amide bonds. The number of amides is 1. The Morgan fingerprint density at radius 1 is 1.42 bits per heavy atom. The Morgan fingerprint density at radius 3 is 2.95 bits per heavy atom. The normalized spacial score (nSPS) is 10.6. The molecule has 5 nitrogen and oxygen atoms in total. The van der Waals surface area contributed by atoms with Crippen molar-refractivity contribution in [3.63, 3.8) is 0 Å². The molecule has 2 rings (SSSR count). The van der Waals surface area contributed by atoms with Gasteiger partial charge in [-0.1, -0.05) is 0 Å². The molecule has 0 bridgehead atoms. The second kappa shape index (κ2) is 5.62. The van der Waals surface area contributed by atoms with Crippen molar-refractivity contribution in [2.75, 3.05) is 20.3 Å². The number of nitrogens with one attached hydrogen (secondary N) is 2. The van der Waals surface area contributed by atoms with E-state index in [9.17, 15) is 14.0 Å². The van der Waals surface area contributed by atoms with E-state index in [2.05, 4.69) is 10.3 Å². The first-order valence-electron chi connectivity index (χ1n) is 5.71. The third-order valence-corrected chi connectivity index (χ3v) is 2.69. The molecular weight excluding hydrogens is 251 g/mol. The van der Waals surface area contributed by atoms with Crippen LogP contribution in [0.25, 0.3) is 10.9 Å². The molecule has 0 aliphatic carbocycles. The molecule has 100 valence electrons. The second-order valence-electron chi connectivity index (χ2n) is 3.97. The lowest BCUT2D eigenvalue weighted by atomic mass is 10.1. The number of carbonyl (C=O) groups is 2. The molecule has 0 spiro atoms. The molecule has 0 radical (unpaired) electrons. The van der Waals surface area contributed by atoms with Crippen molar-refractivity contribution in [1.29, 1.82) is 0 Å². The summed E-state index contributed by atoms with van der Waals surface area (Å²) < 4.78 is 17.9. The lowest BCUT2D eigenvalue weighted by Crippen LogP contribution is -2.33. The fraction of sp³-hybridized carbons (Fsp3) is 0.231. The molecule has 1 heterocycles. The minimum atomic E-state index is -0.734. The minimum absolute atomic E-state index is 0.157. The Bertz CT molecular complexity index is 621. The maximum Gasteiger partial charge on any atom is 0.292 e. The Balaban J connectivity index is 2.21. The number of methoxy groups -OCH3 is 1. The molecule has 6 heteroatoms. The van der Waals surface area contributed by atoms with Crippen LogP contribution in [-0.4, -0.2) is 36.9 Å². The Morgan fingerprint density at radius 2 is 2.21 bits per heavy atom. The summed E-state index contributed by atoms with van der Waals surface area (Å²) in [6.07, 6.45) is 1.41. The van der Waals surface area contributed by atoms with Crippen LogP contribution in [-0.2, 0) is 9.53 Å². The van der Waals surface area contributed by atoms with Crippen LogP contribution >= 0.6 is 0 Å². The molecule has 0 saturated carbocycles. The molecule has 19 heavy (non-hydrogen) atoms. The average Bonchev–Trinajstić information content (AvgIpc) is 2.80. The number of rotatable bonds is 5. The molecule has 0 atom stereocenters. The van der Waals surface area contributed by atoms with Gasteiger partial charge in [-0.2, -0.15) is 0 Å². The summed E-state index contributed by atoms with van der Waals surface area (Å²) in [7, 11) is 1.50. The number of benzene rings is 1. The van der Waals surface area contributed by atoms with E-state index in [0.29, 0.717) is 17.5 Å². The highest BCUT2D eigenvalue weighted by molar-refractivity contribution is 6.44. The maximum atomic E-state index is 13.2. The van der Waals surface area contributed by atoms with Crippen molar-refractivity contribution in [1.82, 2.24) is 10.3 Å². The highest BCUT2D eigenvalue weighted by Crippen LogP contribution is 2.19. The van der Waals surface area contributed by atoms with Gasteiger partial charge in [0.25, 0.3) is 11.7 Å². The van der Waals surface area contributed by atoms with E-state index < -0.39 is 17.5 Å². The lowest BCUT2D eigenvalue weighted by Gasteiger charge is -2.02. The molecule has 1 aromatic heterocycles. The molecule has 0 saturated heterocycles. The van der Waals surface area contributed by atoms with Gasteiger partial charge in [-0.15, -0.1) is 0 Å². The summed E-state index contributed by atoms with van der Waals surface area (Å²) >= 11 is 0. The number of ketones is 1. The lowest BCUT2D eigenvalue weighted by molar-refractivity contribution is -0.117. The number of hydrogen-bond acceptors (Lipinski definition) is 3. The van der Waals surface area contributed by atoms with Crippen LogP contribution in [0.15, 0.2) is 24.4 Å². The SMILES string of the molecule is COCCNC(=O)C(=O)c1c[nH]c2ccc(F)cc12. The van der Waals surface area contributed by atoms with E-state index in [1.165, 1.54) is 31.5 Å². The third-order valence-electron chi connectivity index (χ3n) is 2.69. The third kappa shape index (κ3) is 2.79. The smallest absolute Gasteiger partial charge is 0.292 e. The number of Topliss-reactive ketones (excluding diaryl/α,β-unsaturated/α-hetero) is 1. The summed E-state index contributed by atoms with van der Waals surface area (Å²) in [5.74, 6) is -1.89. The number of H-pyrrole nitrogens is 1. The van der Waals surface area contributed by atoms with Crippen LogP contribution in [0.2, 0.25) is 0 Å². The van der Waals surface area contributed by atoms with Crippen molar-refractivity contribution in [2.45, 2.75) is 0 Å². The van der Waals surface area contributed by atoms with Gasteiger partial charge in [0.15, 0.2) is 0 Å². The van der Waals surface area contributed by atoms with E-state index in [4.69, 9.17) is 4.74 Å². The highest BCUT2D eigenvalue weighted by atomic mass is 19.1. The fourth-order valence-electron chi connectivity index (χ4n) is 1.75. The molecule has 0 aliphatic rings. The topological polar surface area (TPSA) is 71.2 Å². The zero-order valence-electron chi connectivity index (χ0n) is 10.3. The van der Waals surface area contributed by atoms with Crippen molar-refractivity contribution < 1.29 is 18.7 Å². The Kier molecular flexibility index (Phi) is 3.91. The van der Waals surface area contributed by atoms with Gasteiger partial charge in [-0.3, -0.25) is 9.59 Å². The quantitative estimate of drug-likeness (QED) is 0.485. The molecule has 1 aromatic carbocycles. The number of carbonyl (C=O) groups excluding carboxylic acids is 2. The number of aromatic amines is 1. The first-order valence-corrected chi connectivity index (χ1v) is 5.71. The number of ether oxygens (including phenoxy) is 1. The van der Waals surface area contributed by atoms with Gasteiger partial charge in [-0.05, 0) is 18.2 Å². The number of aromatic nitrogens is 1. The fourth-order valence-corrected chi connectivity index (χ4v) is 1.75. The van der Waals surface area contributed by atoms with Gasteiger partial charge in [0.2, 0.25) is 0 Å². The van der Waals surface area contributed by atoms with Crippen LogP contribution in [0.1, 0.15) is 10.4 Å². The van der Waals surface area contributed by atoms with Crippen LogP contribution in [0.3, 0.4) is 0 Å². The molecule has 0 aliphatic heterocycles. The summed E-state index contributed by atoms with van der Waals surface area (Å²) in [4.78, 5) is 26.4. The van der Waals surface area contributed by atoms with Gasteiger partial charge in [0, 0.05) is 30.8 Å². The second-order valence-corrected chi connectivity index (χ2v) is 3.97. The van der Waals surface area contributed by atoms with Gasteiger partial charge in [0.1, 0.15) is 5.82 Å². The number of fused-ring (bicyclic) bond motifs is 1. The number of halogens is 1. The van der Waals surface area contributed by atoms with Crippen molar-refractivity contribution >= 4 is 22.6 Å². The van der Waals surface area contributed by atoms with Gasteiger partial charge < -0.3 is 15.0 Å². The average molecular weight is 264 g/mol. The van der Waals surface area contributed by atoms with Gasteiger partial charge in [-0.25, -0.2) is 4.39 Å². The monoisotopic (exact) mass is 264 g/mol. The minimum Gasteiger partial charge on any atom is -0.383 e. The predicted molar refractivity (Wildman–Crippen MR) is 67.5 cm³/mol.